The molecular weight excluding hydrogens is 414 g/mol. The number of unbranched alkanes of at least 4 members (excludes halogenated alkanes) is 8. The molecule has 0 atom stereocenters. The Bertz CT molecular complexity index is 863. The summed E-state index contributed by atoms with van der Waals surface area (Å²) in [6.45, 7) is 7.80. The zero-order chi connectivity index (χ0) is 23.7. The first-order valence-corrected chi connectivity index (χ1v) is 12.8. The van der Waals surface area contributed by atoms with Crippen molar-refractivity contribution in [1.82, 2.24) is 15.5 Å². The van der Waals surface area contributed by atoms with Crippen LogP contribution in [0.15, 0.2) is 28.8 Å². The minimum absolute atomic E-state index is 0.446. The minimum Gasteiger partial charge on any atom is -0.444 e. The second-order valence-corrected chi connectivity index (χ2v) is 10.4. The number of ether oxygens (including phenoxy) is 1. The number of nitrogens with zero attached hydrogens (tertiary/aromatic N) is 2. The maximum Gasteiger partial charge on any atom is 0.408 e. The maximum atomic E-state index is 12.2. The van der Waals surface area contributed by atoms with Gasteiger partial charge in [-0.15, -0.1) is 0 Å². The van der Waals surface area contributed by atoms with E-state index in [0.29, 0.717) is 11.7 Å². The number of hydrogen-bond acceptors (Lipinski definition) is 5. The molecule has 1 aromatic carbocycles. The monoisotopic (exact) mass is 455 g/mol. The number of aromatic nitrogens is 2. The quantitative estimate of drug-likeness (QED) is 0.320. The van der Waals surface area contributed by atoms with Gasteiger partial charge in [-0.2, -0.15) is 4.98 Å². The summed E-state index contributed by atoms with van der Waals surface area (Å²) in [4.78, 5) is 16.7. The van der Waals surface area contributed by atoms with E-state index >= 15 is 0 Å². The molecule has 0 radical (unpaired) electrons. The average Bonchev–Trinajstić information content (AvgIpc) is 3.35. The number of carbonyl (C=O) groups excluding carboxylic acids is 1. The smallest absolute Gasteiger partial charge is 0.408 e. The minimum atomic E-state index is -0.594. The van der Waals surface area contributed by atoms with Crippen LogP contribution in [0, 0.1) is 0 Å². The molecule has 1 aliphatic carbocycles. The Morgan fingerprint density at radius 2 is 1.61 bits per heavy atom. The summed E-state index contributed by atoms with van der Waals surface area (Å²) in [6, 6.07) is 8.42. The molecule has 0 saturated heterocycles. The Balaban J connectivity index is 1.43. The van der Waals surface area contributed by atoms with Crippen molar-refractivity contribution in [3.8, 4) is 11.4 Å². The summed E-state index contributed by atoms with van der Waals surface area (Å²) in [5.41, 5.74) is 1.13. The first-order valence-electron chi connectivity index (χ1n) is 12.8. The van der Waals surface area contributed by atoms with Crippen LogP contribution in [-0.2, 0) is 16.7 Å². The zero-order valence-corrected chi connectivity index (χ0v) is 20.9. The molecule has 0 bridgehead atoms. The van der Waals surface area contributed by atoms with Crippen molar-refractivity contribution in [2.24, 2.45) is 0 Å². The largest absolute Gasteiger partial charge is 0.444 e. The van der Waals surface area contributed by atoms with Crippen molar-refractivity contribution >= 4 is 6.09 Å². The third kappa shape index (κ3) is 8.17. The van der Waals surface area contributed by atoms with Gasteiger partial charge >= 0.3 is 6.09 Å². The summed E-state index contributed by atoms with van der Waals surface area (Å²) < 4.78 is 10.9. The number of benzene rings is 1. The van der Waals surface area contributed by atoms with Crippen LogP contribution in [0.5, 0.6) is 0 Å². The van der Waals surface area contributed by atoms with Gasteiger partial charge in [0.05, 0.1) is 0 Å². The highest BCUT2D eigenvalue weighted by Gasteiger charge is 2.51. The summed E-state index contributed by atoms with van der Waals surface area (Å²) in [6.07, 6.45) is 14.3. The SMILES string of the molecule is CCCCCCCCCCCc1ccc(-c2noc(C3(NC(=O)OC(C)(C)C)CC3)n2)cc1. The van der Waals surface area contributed by atoms with Gasteiger partial charge in [0.1, 0.15) is 11.1 Å². The lowest BCUT2D eigenvalue weighted by molar-refractivity contribution is 0.0483. The molecule has 1 saturated carbocycles. The van der Waals surface area contributed by atoms with Crippen molar-refractivity contribution < 1.29 is 14.1 Å². The van der Waals surface area contributed by atoms with Crippen LogP contribution >= 0.6 is 0 Å². The average molecular weight is 456 g/mol. The van der Waals surface area contributed by atoms with Crippen LogP contribution in [0.2, 0.25) is 0 Å². The molecule has 1 aromatic heterocycles. The number of alkyl carbamates (subject to hydrolysis) is 1. The van der Waals surface area contributed by atoms with E-state index in [1.165, 1.54) is 63.4 Å². The molecule has 182 valence electrons. The second kappa shape index (κ2) is 11.7. The molecule has 2 aromatic rings. The molecule has 33 heavy (non-hydrogen) atoms. The van der Waals surface area contributed by atoms with E-state index in [1.807, 2.05) is 20.8 Å². The molecule has 6 heteroatoms. The van der Waals surface area contributed by atoms with Gasteiger partial charge in [0.15, 0.2) is 0 Å². The fourth-order valence-electron chi connectivity index (χ4n) is 4.01. The van der Waals surface area contributed by atoms with Crippen LogP contribution in [0.3, 0.4) is 0 Å². The van der Waals surface area contributed by atoms with Gasteiger partial charge in [0.2, 0.25) is 5.82 Å². The van der Waals surface area contributed by atoms with Gasteiger partial charge in [0, 0.05) is 5.56 Å². The third-order valence-corrected chi connectivity index (χ3v) is 6.11. The summed E-state index contributed by atoms with van der Waals surface area (Å²) >= 11 is 0. The molecule has 3 rings (SSSR count). The number of hydrogen-bond donors (Lipinski definition) is 1. The van der Waals surface area contributed by atoms with Crippen molar-refractivity contribution in [3.05, 3.63) is 35.7 Å². The number of amides is 1. The number of rotatable bonds is 13. The summed E-state index contributed by atoms with van der Waals surface area (Å²) in [5, 5.41) is 7.06. The highest BCUT2D eigenvalue weighted by atomic mass is 16.6. The first-order chi connectivity index (χ1) is 15.8. The summed E-state index contributed by atoms with van der Waals surface area (Å²) in [5.74, 6) is 0.999. The van der Waals surface area contributed by atoms with Crippen LogP contribution in [0.4, 0.5) is 4.79 Å². The molecule has 0 aliphatic heterocycles. The van der Waals surface area contributed by atoms with Crippen LogP contribution < -0.4 is 5.32 Å². The highest BCUT2D eigenvalue weighted by molar-refractivity contribution is 5.69. The van der Waals surface area contributed by atoms with Gasteiger partial charge in [-0.1, -0.05) is 87.7 Å². The van der Waals surface area contributed by atoms with E-state index in [2.05, 4.69) is 46.6 Å². The molecule has 6 nitrogen and oxygen atoms in total. The Hall–Kier alpha value is -2.37. The van der Waals surface area contributed by atoms with Crippen LogP contribution in [0.25, 0.3) is 11.4 Å². The van der Waals surface area contributed by atoms with Gasteiger partial charge in [-0.3, -0.25) is 0 Å². The fraction of sp³-hybridized carbons (Fsp3) is 0.667. The van der Waals surface area contributed by atoms with Gasteiger partial charge < -0.3 is 14.6 Å². The Morgan fingerprint density at radius 1 is 1.00 bits per heavy atom. The number of carbonyl (C=O) groups is 1. The number of nitrogens with one attached hydrogen (secondary N) is 1. The molecule has 1 N–H and O–H groups in total. The van der Waals surface area contributed by atoms with E-state index in [-0.39, 0.29) is 0 Å². The molecular formula is C27H41N3O3. The van der Waals surface area contributed by atoms with E-state index in [0.717, 1.165) is 24.8 Å². The van der Waals surface area contributed by atoms with E-state index in [1.54, 1.807) is 0 Å². The molecule has 0 unspecified atom stereocenters. The standard InChI is InChI=1S/C27H41N3O3/c1-5-6-7-8-9-10-11-12-13-14-21-15-17-22(18-16-21)23-28-24(33-30-23)27(19-20-27)29-25(31)32-26(2,3)4/h15-18H,5-14,19-20H2,1-4H3,(H,29,31). The summed E-state index contributed by atoms with van der Waals surface area (Å²) in [7, 11) is 0. The van der Waals surface area contributed by atoms with E-state index < -0.39 is 17.2 Å². The molecule has 1 amide bonds. The zero-order valence-electron chi connectivity index (χ0n) is 20.9. The molecule has 1 aliphatic rings. The van der Waals surface area contributed by atoms with Crippen molar-refractivity contribution in [2.75, 3.05) is 0 Å². The van der Waals surface area contributed by atoms with Crippen LogP contribution in [0.1, 0.15) is 110 Å². The topological polar surface area (TPSA) is 77.2 Å². The Kier molecular flexibility index (Phi) is 8.93. The third-order valence-electron chi connectivity index (χ3n) is 6.11. The van der Waals surface area contributed by atoms with Crippen LogP contribution in [-0.4, -0.2) is 21.8 Å². The molecule has 1 fully saturated rings. The lowest BCUT2D eigenvalue weighted by Gasteiger charge is -2.21. The Labute approximate surface area is 198 Å². The Morgan fingerprint density at radius 3 is 2.18 bits per heavy atom. The van der Waals surface area contributed by atoms with Crippen molar-refractivity contribution in [2.45, 2.75) is 116 Å². The predicted molar refractivity (Wildman–Crippen MR) is 131 cm³/mol. The van der Waals surface area contributed by atoms with Gasteiger partial charge in [-0.05, 0) is 52.0 Å². The van der Waals surface area contributed by atoms with E-state index in [9.17, 15) is 4.79 Å². The normalized spacial score (nSPS) is 14.8. The lowest BCUT2D eigenvalue weighted by Crippen LogP contribution is -2.39. The molecule has 1 heterocycles. The second-order valence-electron chi connectivity index (χ2n) is 10.4. The maximum absolute atomic E-state index is 12.2. The van der Waals surface area contributed by atoms with E-state index in [4.69, 9.17) is 9.26 Å². The van der Waals surface area contributed by atoms with Gasteiger partial charge in [-0.25, -0.2) is 4.79 Å². The predicted octanol–water partition coefficient (Wildman–Crippen LogP) is 7.32. The molecule has 0 spiro atoms. The van der Waals surface area contributed by atoms with Gasteiger partial charge in [0.25, 0.3) is 5.89 Å². The lowest BCUT2D eigenvalue weighted by atomic mass is 10.0. The highest BCUT2D eigenvalue weighted by Crippen LogP contribution is 2.45. The first kappa shape index (κ1) is 25.3. The number of aryl methyl sites for hydroxylation is 1. The fourth-order valence-corrected chi connectivity index (χ4v) is 4.01. The van der Waals surface area contributed by atoms with Crippen molar-refractivity contribution in [1.29, 1.82) is 0 Å². The van der Waals surface area contributed by atoms with Crippen molar-refractivity contribution in [3.63, 3.8) is 0 Å².